The second kappa shape index (κ2) is 7.27. The molecule has 0 radical (unpaired) electrons. The van der Waals surface area contributed by atoms with Crippen molar-refractivity contribution in [1.82, 2.24) is 9.55 Å². The maximum absolute atomic E-state index is 13.0. The Morgan fingerprint density at radius 3 is 2.85 bits per heavy atom. The number of rotatable bonds is 5. The van der Waals surface area contributed by atoms with E-state index in [0.717, 1.165) is 35.4 Å². The lowest BCUT2D eigenvalue weighted by atomic mass is 9.89. The van der Waals surface area contributed by atoms with E-state index in [1.165, 1.54) is 15.8 Å². The summed E-state index contributed by atoms with van der Waals surface area (Å²) in [4.78, 5) is 32.2. The average Bonchev–Trinajstić information content (AvgIpc) is 3.03. The highest BCUT2D eigenvalue weighted by Gasteiger charge is 2.23. The van der Waals surface area contributed by atoms with E-state index in [0.29, 0.717) is 23.5 Å². The third kappa shape index (κ3) is 3.41. The molecule has 2 aromatic heterocycles. The fraction of sp³-hybridized carbons (Fsp3) is 0.381. The van der Waals surface area contributed by atoms with Crippen LogP contribution in [-0.4, -0.2) is 21.9 Å². The lowest BCUT2D eigenvalue weighted by Gasteiger charge is -2.17. The molecule has 2 heterocycles. The zero-order valence-corrected chi connectivity index (χ0v) is 16.3. The van der Waals surface area contributed by atoms with Gasteiger partial charge >= 0.3 is 0 Å². The van der Waals surface area contributed by atoms with Gasteiger partial charge < -0.3 is 4.74 Å². The molecule has 0 N–H and O–H groups in total. The maximum Gasteiger partial charge on any atom is 0.262 e. The Balaban J connectivity index is 1.63. The molecule has 1 atom stereocenters. The fourth-order valence-corrected chi connectivity index (χ4v) is 4.97. The van der Waals surface area contributed by atoms with E-state index >= 15 is 0 Å². The van der Waals surface area contributed by atoms with Gasteiger partial charge in [0.2, 0.25) is 0 Å². The van der Waals surface area contributed by atoms with Gasteiger partial charge in [0.05, 0.1) is 24.9 Å². The Bertz CT molecular complexity index is 1050. The van der Waals surface area contributed by atoms with Crippen LogP contribution in [0.2, 0.25) is 0 Å². The van der Waals surface area contributed by atoms with E-state index < -0.39 is 0 Å². The number of hydrogen-bond acceptors (Lipinski definition) is 5. The van der Waals surface area contributed by atoms with E-state index in [4.69, 9.17) is 4.74 Å². The summed E-state index contributed by atoms with van der Waals surface area (Å²) in [6.45, 7) is 4.74. The third-order valence-corrected chi connectivity index (χ3v) is 6.25. The van der Waals surface area contributed by atoms with Crippen LogP contribution in [0.3, 0.4) is 0 Å². The number of aryl methyl sites for hydroxylation is 1. The standard InChI is InChI=1S/C21H22N2O3S/c1-3-26-15-7-5-14(6-8-15)17(24)11-23-12-22-20-19(21(23)25)16-9-4-13(2)10-18(16)27-20/h5-8,12-13H,3-4,9-11H2,1-2H3/t13-/m0/s1. The largest absolute Gasteiger partial charge is 0.494 e. The Kier molecular flexibility index (Phi) is 4.83. The lowest BCUT2D eigenvalue weighted by molar-refractivity contribution is 0.0970. The third-order valence-electron chi connectivity index (χ3n) is 5.08. The molecule has 4 rings (SSSR count). The van der Waals surface area contributed by atoms with Crippen molar-refractivity contribution in [3.8, 4) is 5.75 Å². The number of ketones is 1. The highest BCUT2D eigenvalue weighted by Crippen LogP contribution is 2.35. The molecule has 5 nitrogen and oxygen atoms in total. The minimum absolute atomic E-state index is 0.00320. The number of aromatic nitrogens is 2. The number of carbonyl (C=O) groups excluding carboxylic acids is 1. The number of nitrogens with zero attached hydrogens (tertiary/aromatic N) is 2. The molecular formula is C21H22N2O3S. The highest BCUT2D eigenvalue weighted by molar-refractivity contribution is 7.18. The first-order chi connectivity index (χ1) is 13.1. The molecule has 6 heteroatoms. The Labute approximate surface area is 161 Å². The predicted molar refractivity (Wildman–Crippen MR) is 107 cm³/mol. The Morgan fingerprint density at radius 1 is 1.33 bits per heavy atom. The van der Waals surface area contributed by atoms with Crippen LogP contribution in [0.25, 0.3) is 10.2 Å². The van der Waals surface area contributed by atoms with Gasteiger partial charge in [-0.25, -0.2) is 4.98 Å². The summed E-state index contributed by atoms with van der Waals surface area (Å²) in [6, 6.07) is 7.02. The van der Waals surface area contributed by atoms with Crippen molar-refractivity contribution >= 4 is 27.3 Å². The smallest absolute Gasteiger partial charge is 0.262 e. The van der Waals surface area contributed by atoms with E-state index in [1.807, 2.05) is 6.92 Å². The Hall–Kier alpha value is -2.47. The number of thiophene rings is 1. The van der Waals surface area contributed by atoms with Crippen molar-refractivity contribution in [1.29, 1.82) is 0 Å². The van der Waals surface area contributed by atoms with Gasteiger partial charge in [-0.2, -0.15) is 0 Å². The Morgan fingerprint density at radius 2 is 2.11 bits per heavy atom. The van der Waals surface area contributed by atoms with Crippen LogP contribution in [0.15, 0.2) is 35.4 Å². The normalized spacial score (nSPS) is 16.3. The molecule has 0 saturated carbocycles. The molecule has 3 aromatic rings. The topological polar surface area (TPSA) is 61.2 Å². The van der Waals surface area contributed by atoms with Gasteiger partial charge in [-0.1, -0.05) is 6.92 Å². The van der Waals surface area contributed by atoms with E-state index in [-0.39, 0.29) is 17.9 Å². The van der Waals surface area contributed by atoms with Crippen LogP contribution in [0, 0.1) is 5.92 Å². The monoisotopic (exact) mass is 382 g/mol. The van der Waals surface area contributed by atoms with Gasteiger partial charge in [0.15, 0.2) is 5.78 Å². The molecule has 1 aromatic carbocycles. The number of ether oxygens (including phenoxy) is 1. The van der Waals surface area contributed by atoms with Crippen LogP contribution in [0.1, 0.15) is 41.1 Å². The quantitative estimate of drug-likeness (QED) is 0.629. The zero-order valence-electron chi connectivity index (χ0n) is 15.5. The summed E-state index contributed by atoms with van der Waals surface area (Å²) >= 11 is 1.62. The molecule has 1 aliphatic rings. The van der Waals surface area contributed by atoms with Crippen LogP contribution >= 0.6 is 11.3 Å². The molecule has 0 spiro atoms. The van der Waals surface area contributed by atoms with Gasteiger partial charge in [-0.3, -0.25) is 14.2 Å². The summed E-state index contributed by atoms with van der Waals surface area (Å²) in [5, 5.41) is 0.712. The summed E-state index contributed by atoms with van der Waals surface area (Å²) in [7, 11) is 0. The molecule has 0 unspecified atom stereocenters. The SMILES string of the molecule is CCOc1ccc(C(=O)Cn2cnc3sc4c(c3c2=O)CC[C@H](C)C4)cc1. The summed E-state index contributed by atoms with van der Waals surface area (Å²) in [5.41, 5.74) is 1.60. The fourth-order valence-electron chi connectivity index (χ4n) is 3.63. The summed E-state index contributed by atoms with van der Waals surface area (Å²) in [5.74, 6) is 1.27. The highest BCUT2D eigenvalue weighted by atomic mass is 32.1. The molecule has 0 saturated heterocycles. The van der Waals surface area contributed by atoms with Crippen LogP contribution in [0.4, 0.5) is 0 Å². The molecular weight excluding hydrogens is 360 g/mol. The predicted octanol–water partition coefficient (Wildman–Crippen LogP) is 3.86. The van der Waals surface area contributed by atoms with E-state index in [2.05, 4.69) is 11.9 Å². The minimum atomic E-state index is -0.112. The van der Waals surface area contributed by atoms with Crippen molar-refractivity contribution in [2.24, 2.45) is 5.92 Å². The van der Waals surface area contributed by atoms with Crippen LogP contribution < -0.4 is 10.3 Å². The van der Waals surface area contributed by atoms with Crippen molar-refractivity contribution < 1.29 is 9.53 Å². The van der Waals surface area contributed by atoms with Gasteiger partial charge in [0.25, 0.3) is 5.56 Å². The molecule has 0 aliphatic heterocycles. The van der Waals surface area contributed by atoms with Crippen molar-refractivity contribution in [3.63, 3.8) is 0 Å². The second-order valence-electron chi connectivity index (χ2n) is 7.09. The first kappa shape index (κ1) is 17.9. The number of hydrogen-bond donors (Lipinski definition) is 0. The second-order valence-corrected chi connectivity index (χ2v) is 8.17. The summed E-state index contributed by atoms with van der Waals surface area (Å²) in [6.07, 6.45) is 4.53. The molecule has 1 aliphatic carbocycles. The average molecular weight is 382 g/mol. The number of fused-ring (bicyclic) bond motifs is 3. The maximum atomic E-state index is 13.0. The molecule has 27 heavy (non-hydrogen) atoms. The molecule has 0 bridgehead atoms. The number of benzene rings is 1. The number of Topliss-reactive ketones (excluding diaryl/α,β-unsaturated/α-hetero) is 1. The lowest BCUT2D eigenvalue weighted by Crippen LogP contribution is -2.25. The van der Waals surface area contributed by atoms with E-state index in [1.54, 1.807) is 35.6 Å². The van der Waals surface area contributed by atoms with Gasteiger partial charge in [0.1, 0.15) is 10.6 Å². The van der Waals surface area contributed by atoms with Crippen molar-refractivity contribution in [3.05, 3.63) is 57.0 Å². The molecule has 140 valence electrons. The van der Waals surface area contributed by atoms with Crippen molar-refractivity contribution in [2.45, 2.75) is 39.7 Å². The van der Waals surface area contributed by atoms with E-state index in [9.17, 15) is 9.59 Å². The summed E-state index contributed by atoms with van der Waals surface area (Å²) < 4.78 is 6.84. The van der Waals surface area contributed by atoms with Gasteiger partial charge in [-0.15, -0.1) is 11.3 Å². The van der Waals surface area contributed by atoms with Gasteiger partial charge in [-0.05, 0) is 61.9 Å². The number of carbonyl (C=O) groups is 1. The van der Waals surface area contributed by atoms with Crippen molar-refractivity contribution in [2.75, 3.05) is 6.61 Å². The van der Waals surface area contributed by atoms with Crippen LogP contribution in [-0.2, 0) is 19.4 Å². The molecule has 0 amide bonds. The zero-order chi connectivity index (χ0) is 19.0. The first-order valence-corrected chi connectivity index (χ1v) is 10.1. The van der Waals surface area contributed by atoms with Crippen LogP contribution in [0.5, 0.6) is 5.75 Å². The first-order valence-electron chi connectivity index (χ1n) is 9.32. The van der Waals surface area contributed by atoms with Gasteiger partial charge in [0, 0.05) is 10.4 Å². The molecule has 0 fully saturated rings. The minimum Gasteiger partial charge on any atom is -0.494 e.